The predicted octanol–water partition coefficient (Wildman–Crippen LogP) is -7.39. The molecule has 0 aromatic carbocycles. The maximum Gasteiger partial charge on any atom is 2.00 e. The summed E-state index contributed by atoms with van der Waals surface area (Å²) < 4.78 is 0. The van der Waals surface area contributed by atoms with Gasteiger partial charge in [0.05, 0.1) is 0 Å². The third kappa shape index (κ3) is 53800. The van der Waals surface area contributed by atoms with Gasteiger partial charge in [-0.2, -0.15) is 0 Å². The molecule has 12 heteroatoms. The van der Waals surface area contributed by atoms with Crippen molar-refractivity contribution in [3.63, 3.8) is 0 Å². The zero-order chi connectivity index (χ0) is 14.3. The zero-order valence-electron chi connectivity index (χ0n) is 11.7. The van der Waals surface area contributed by atoms with Gasteiger partial charge in [-0.3, -0.25) is 0 Å². The quantitative estimate of drug-likeness (QED) is 0.379. The smallest absolute Gasteiger partial charge is 0.550 e. The van der Waals surface area contributed by atoms with Crippen LogP contribution in [0.4, 0.5) is 0 Å². The molecule has 0 bridgehead atoms. The van der Waals surface area contributed by atoms with Gasteiger partial charge in [0.25, 0.3) is 0 Å². The van der Waals surface area contributed by atoms with Crippen LogP contribution < -0.4 is 20.4 Å². The van der Waals surface area contributed by atoms with E-state index in [-0.39, 0.29) is 86.4 Å². The zero-order valence-corrected chi connectivity index (χ0v) is 16.1. The minimum atomic E-state index is -1.08. The van der Waals surface area contributed by atoms with Crippen molar-refractivity contribution >= 4 is 99.4 Å². The summed E-state index contributed by atoms with van der Waals surface area (Å²) in [5.74, 6) is -4.33. The Bertz CT molecular complexity index is 167. The number of carbonyl (C=O) groups is 4. The van der Waals surface area contributed by atoms with E-state index in [1.807, 2.05) is 0 Å². The standard InChI is InChI=1S/4C2H4O2.2Ca.2H2O/c4*1-2(3)4;;;;/h4*1H3,(H,3,4);;;2*1H2/q;;;;2*+2;;/p-4. The monoisotopic (exact) mass is 352 g/mol. The Morgan fingerprint density at radius 1 is 0.500 bits per heavy atom. The molecule has 0 aliphatic rings. The molecule has 0 radical (unpaired) electrons. The van der Waals surface area contributed by atoms with Crippen molar-refractivity contribution in [2.75, 3.05) is 0 Å². The molecule has 112 valence electrons. The number of hydrogen-bond donors (Lipinski definition) is 0. The van der Waals surface area contributed by atoms with Gasteiger partial charge in [0.1, 0.15) is 0 Å². The van der Waals surface area contributed by atoms with E-state index < -0.39 is 23.9 Å². The topological polar surface area (TPSA) is 224 Å². The summed E-state index contributed by atoms with van der Waals surface area (Å²) in [6, 6.07) is 0. The molecule has 0 aromatic rings. The second-order valence-electron chi connectivity index (χ2n) is 1.97. The Balaban J connectivity index is -0.0000000150. The van der Waals surface area contributed by atoms with Crippen LogP contribution in [0.25, 0.3) is 0 Å². The summed E-state index contributed by atoms with van der Waals surface area (Å²) in [6.07, 6.45) is 0. The van der Waals surface area contributed by atoms with Crippen molar-refractivity contribution < 1.29 is 50.6 Å². The largest absolute Gasteiger partial charge is 2.00 e. The molecule has 0 heterocycles. The molecule has 0 aromatic heterocycles. The van der Waals surface area contributed by atoms with E-state index in [1.165, 1.54) is 0 Å². The van der Waals surface area contributed by atoms with Gasteiger partial charge in [0.15, 0.2) is 0 Å². The average Bonchev–Trinajstić information content (AvgIpc) is 1.76. The van der Waals surface area contributed by atoms with E-state index in [9.17, 15) is 0 Å². The van der Waals surface area contributed by atoms with Crippen LogP contribution in [0.1, 0.15) is 27.7 Å². The van der Waals surface area contributed by atoms with Crippen LogP contribution in [0.2, 0.25) is 0 Å². The van der Waals surface area contributed by atoms with Crippen LogP contribution >= 0.6 is 0 Å². The Morgan fingerprint density at radius 3 is 0.500 bits per heavy atom. The van der Waals surface area contributed by atoms with Crippen molar-refractivity contribution in [2.45, 2.75) is 27.7 Å². The van der Waals surface area contributed by atoms with Gasteiger partial charge < -0.3 is 50.6 Å². The van der Waals surface area contributed by atoms with Crippen LogP contribution in [-0.2, 0) is 19.2 Å². The summed E-state index contributed by atoms with van der Waals surface area (Å²) in [7, 11) is 0. The molecule has 20 heavy (non-hydrogen) atoms. The molecular weight excluding hydrogens is 336 g/mol. The first-order valence-electron chi connectivity index (χ1n) is 3.63. The molecule has 0 aliphatic heterocycles. The van der Waals surface area contributed by atoms with E-state index in [2.05, 4.69) is 0 Å². The van der Waals surface area contributed by atoms with E-state index in [0.717, 1.165) is 27.7 Å². The molecule has 0 amide bonds. The third-order valence-corrected chi connectivity index (χ3v) is 0. The number of rotatable bonds is 0. The molecule has 0 spiro atoms. The predicted molar refractivity (Wildman–Crippen MR) is 61.5 cm³/mol. The van der Waals surface area contributed by atoms with Crippen molar-refractivity contribution in [3.8, 4) is 0 Å². The molecule has 0 fully saturated rings. The fourth-order valence-electron chi connectivity index (χ4n) is 0. The van der Waals surface area contributed by atoms with Crippen LogP contribution in [0, 0.1) is 0 Å². The maximum atomic E-state index is 8.89. The minimum absolute atomic E-state index is 0. The van der Waals surface area contributed by atoms with E-state index in [1.54, 1.807) is 0 Å². The first-order valence-corrected chi connectivity index (χ1v) is 3.63. The molecule has 4 N–H and O–H groups in total. The molecule has 0 saturated carbocycles. The molecule has 10 nitrogen and oxygen atoms in total. The second kappa shape index (κ2) is 42.7. The van der Waals surface area contributed by atoms with Crippen molar-refractivity contribution in [1.29, 1.82) is 0 Å². The van der Waals surface area contributed by atoms with Gasteiger partial charge in [0.2, 0.25) is 0 Å². The summed E-state index contributed by atoms with van der Waals surface area (Å²) in [5, 5.41) is 35.6. The first-order chi connectivity index (χ1) is 6.93. The average molecular weight is 352 g/mol. The molecular formula is C8H16Ca2O10. The molecule has 0 rings (SSSR count). The van der Waals surface area contributed by atoms with E-state index >= 15 is 0 Å². The second-order valence-corrected chi connectivity index (χ2v) is 1.97. The van der Waals surface area contributed by atoms with Crippen LogP contribution in [0.3, 0.4) is 0 Å². The third-order valence-electron chi connectivity index (χ3n) is 0. The number of carboxylic acid groups (broad SMARTS) is 4. The van der Waals surface area contributed by atoms with Gasteiger partial charge in [-0.15, -0.1) is 0 Å². The van der Waals surface area contributed by atoms with Crippen LogP contribution in [0.5, 0.6) is 0 Å². The van der Waals surface area contributed by atoms with Gasteiger partial charge in [-0.05, 0) is 27.7 Å². The van der Waals surface area contributed by atoms with E-state index in [0.29, 0.717) is 0 Å². The molecule has 0 unspecified atom stereocenters. The first kappa shape index (κ1) is 50.0. The summed E-state index contributed by atoms with van der Waals surface area (Å²) in [6.45, 7) is 3.89. The van der Waals surface area contributed by atoms with Crippen LogP contribution in [-0.4, -0.2) is 110 Å². The van der Waals surface area contributed by atoms with Gasteiger partial charge in [-0.1, -0.05) is 0 Å². The number of aliphatic carboxylic acids is 4. The SMILES string of the molecule is CC(=O)[O-].CC(=O)[O-].CC(=O)[O-].CC(=O)[O-].O.O.[Ca+2].[Ca+2]. The Morgan fingerprint density at radius 2 is 0.500 bits per heavy atom. The summed E-state index contributed by atoms with van der Waals surface area (Å²) in [5.41, 5.74) is 0. The van der Waals surface area contributed by atoms with Gasteiger partial charge in [-0.25, -0.2) is 0 Å². The minimum Gasteiger partial charge on any atom is -0.550 e. The Labute approximate surface area is 175 Å². The maximum absolute atomic E-state index is 8.89. The molecule has 0 atom stereocenters. The fraction of sp³-hybridized carbons (Fsp3) is 0.500. The Hall–Kier alpha value is 0.319. The number of carbonyl (C=O) groups excluding carboxylic acids is 4. The fourth-order valence-corrected chi connectivity index (χ4v) is 0. The summed E-state index contributed by atoms with van der Waals surface area (Å²) in [4.78, 5) is 35.6. The summed E-state index contributed by atoms with van der Waals surface area (Å²) >= 11 is 0. The Kier molecular flexibility index (Phi) is 107. The van der Waals surface area contributed by atoms with E-state index in [4.69, 9.17) is 39.6 Å². The number of carboxylic acids is 4. The van der Waals surface area contributed by atoms with Gasteiger partial charge in [0, 0.05) is 23.9 Å². The molecule has 0 saturated heterocycles. The molecule has 0 aliphatic carbocycles. The van der Waals surface area contributed by atoms with Crippen LogP contribution in [0.15, 0.2) is 0 Å². The normalized spacial score (nSPS) is 5.00. The van der Waals surface area contributed by atoms with Crippen molar-refractivity contribution in [1.82, 2.24) is 0 Å². The number of hydrogen-bond acceptors (Lipinski definition) is 8. The van der Waals surface area contributed by atoms with Crippen molar-refractivity contribution in [3.05, 3.63) is 0 Å². The van der Waals surface area contributed by atoms with Crippen molar-refractivity contribution in [2.24, 2.45) is 0 Å². The van der Waals surface area contributed by atoms with Gasteiger partial charge >= 0.3 is 75.5 Å².